The zero-order valence-corrected chi connectivity index (χ0v) is 15.8. The highest BCUT2D eigenvalue weighted by atomic mass is 16.5. The number of carbonyl (C=O) groups excluding carboxylic acids is 1. The number of amides is 1. The third-order valence-corrected chi connectivity index (χ3v) is 5.09. The van der Waals surface area contributed by atoms with Crippen LogP contribution in [0.15, 0.2) is 53.5 Å². The van der Waals surface area contributed by atoms with Gasteiger partial charge in [0.05, 0.1) is 13.7 Å². The van der Waals surface area contributed by atoms with Crippen LogP contribution in [0, 0.1) is 0 Å². The molecular formula is C20H23N5O3. The lowest BCUT2D eigenvalue weighted by molar-refractivity contribution is 0.0631. The van der Waals surface area contributed by atoms with E-state index in [4.69, 9.17) is 4.74 Å². The van der Waals surface area contributed by atoms with Gasteiger partial charge in [-0.2, -0.15) is 0 Å². The highest BCUT2D eigenvalue weighted by molar-refractivity contribution is 5.94. The Morgan fingerprint density at radius 3 is 2.64 bits per heavy atom. The van der Waals surface area contributed by atoms with E-state index >= 15 is 0 Å². The Hall–Kier alpha value is -3.13. The molecular weight excluding hydrogens is 358 g/mol. The summed E-state index contributed by atoms with van der Waals surface area (Å²) in [5, 5.41) is 4.36. The predicted octanol–water partition coefficient (Wildman–Crippen LogP) is 0.963. The molecule has 0 saturated carbocycles. The number of hydrogen-bond donors (Lipinski definition) is 0. The molecule has 0 bridgehead atoms. The fraction of sp³-hybridized carbons (Fsp3) is 0.350. The van der Waals surface area contributed by atoms with Crippen molar-refractivity contribution in [3.8, 4) is 5.75 Å². The molecule has 146 valence electrons. The van der Waals surface area contributed by atoms with E-state index < -0.39 is 0 Å². The Kier molecular flexibility index (Phi) is 5.12. The first-order chi connectivity index (χ1) is 13.7. The zero-order valence-electron chi connectivity index (χ0n) is 15.8. The van der Waals surface area contributed by atoms with E-state index in [2.05, 4.69) is 10.00 Å². The highest BCUT2D eigenvalue weighted by Crippen LogP contribution is 2.15. The second-order valence-electron chi connectivity index (χ2n) is 6.80. The van der Waals surface area contributed by atoms with Gasteiger partial charge in [0.2, 0.25) is 0 Å². The molecule has 3 heterocycles. The molecule has 0 N–H and O–H groups in total. The molecule has 2 aromatic heterocycles. The van der Waals surface area contributed by atoms with Crippen molar-refractivity contribution in [2.75, 3.05) is 39.8 Å². The minimum Gasteiger partial charge on any atom is -0.497 e. The van der Waals surface area contributed by atoms with Crippen LogP contribution in [0.25, 0.3) is 5.65 Å². The third kappa shape index (κ3) is 3.63. The molecule has 1 aliphatic rings. The van der Waals surface area contributed by atoms with Crippen molar-refractivity contribution in [3.63, 3.8) is 0 Å². The van der Waals surface area contributed by atoms with Crippen molar-refractivity contribution in [1.29, 1.82) is 0 Å². The van der Waals surface area contributed by atoms with Gasteiger partial charge in [-0.25, -0.2) is 9.48 Å². The molecule has 0 unspecified atom stereocenters. The summed E-state index contributed by atoms with van der Waals surface area (Å²) in [6.07, 6.45) is 1.73. The van der Waals surface area contributed by atoms with Crippen LogP contribution in [0.1, 0.15) is 10.4 Å². The molecule has 4 rings (SSSR count). The Morgan fingerprint density at radius 2 is 1.89 bits per heavy atom. The van der Waals surface area contributed by atoms with Gasteiger partial charge < -0.3 is 9.64 Å². The van der Waals surface area contributed by atoms with Crippen LogP contribution in [0.5, 0.6) is 5.75 Å². The number of ether oxygens (including phenoxy) is 1. The summed E-state index contributed by atoms with van der Waals surface area (Å²) in [4.78, 5) is 29.1. The number of benzene rings is 1. The van der Waals surface area contributed by atoms with E-state index in [0.29, 0.717) is 36.6 Å². The second kappa shape index (κ2) is 7.85. The summed E-state index contributed by atoms with van der Waals surface area (Å²) in [7, 11) is 1.59. The lowest BCUT2D eigenvalue weighted by Gasteiger charge is -2.34. The molecule has 0 spiro atoms. The largest absolute Gasteiger partial charge is 0.497 e. The van der Waals surface area contributed by atoms with Gasteiger partial charge in [-0.1, -0.05) is 12.1 Å². The van der Waals surface area contributed by atoms with Gasteiger partial charge in [-0.05, 0) is 30.3 Å². The number of aromatic nitrogens is 3. The lowest BCUT2D eigenvalue weighted by atomic mass is 10.1. The number of fused-ring (bicyclic) bond motifs is 1. The normalized spacial score (nSPS) is 15.1. The maximum absolute atomic E-state index is 12.7. The molecule has 1 aromatic carbocycles. The van der Waals surface area contributed by atoms with Crippen LogP contribution in [-0.4, -0.2) is 69.7 Å². The summed E-state index contributed by atoms with van der Waals surface area (Å²) >= 11 is 0. The van der Waals surface area contributed by atoms with Crippen LogP contribution in [0.3, 0.4) is 0 Å². The molecule has 0 radical (unpaired) electrons. The van der Waals surface area contributed by atoms with Gasteiger partial charge in [-0.3, -0.25) is 14.1 Å². The van der Waals surface area contributed by atoms with Crippen LogP contribution in [0.2, 0.25) is 0 Å². The predicted molar refractivity (Wildman–Crippen MR) is 105 cm³/mol. The molecule has 28 heavy (non-hydrogen) atoms. The number of piperazine rings is 1. The maximum Gasteiger partial charge on any atom is 0.350 e. The van der Waals surface area contributed by atoms with Crippen LogP contribution < -0.4 is 10.4 Å². The summed E-state index contributed by atoms with van der Waals surface area (Å²) in [5.74, 6) is 0.706. The van der Waals surface area contributed by atoms with E-state index in [1.165, 1.54) is 4.68 Å². The Bertz CT molecular complexity index is 1030. The molecule has 8 heteroatoms. The van der Waals surface area contributed by atoms with Crippen molar-refractivity contribution < 1.29 is 9.53 Å². The van der Waals surface area contributed by atoms with Crippen molar-refractivity contribution in [3.05, 3.63) is 64.7 Å². The summed E-state index contributed by atoms with van der Waals surface area (Å²) < 4.78 is 8.25. The van der Waals surface area contributed by atoms with E-state index in [9.17, 15) is 9.59 Å². The molecule has 1 aliphatic heterocycles. The second-order valence-corrected chi connectivity index (χ2v) is 6.80. The fourth-order valence-electron chi connectivity index (χ4n) is 3.46. The SMILES string of the molecule is COc1cccc(C(=O)N2CCN(CCn3nc4ccccn4c3=O)CC2)c1. The standard InChI is InChI=1S/C20H23N5O3/c1-28-17-6-4-5-16(15-17)19(26)23-12-9-22(10-13-23)11-14-25-20(27)24-8-3-2-7-18(24)21-25/h2-8,15H,9-14H2,1H3. The maximum atomic E-state index is 12.7. The first-order valence-corrected chi connectivity index (χ1v) is 9.35. The van der Waals surface area contributed by atoms with Crippen LogP contribution >= 0.6 is 0 Å². The Balaban J connectivity index is 1.33. The summed E-state index contributed by atoms with van der Waals surface area (Å²) in [6, 6.07) is 12.7. The highest BCUT2D eigenvalue weighted by Gasteiger charge is 2.22. The van der Waals surface area contributed by atoms with Crippen molar-refractivity contribution in [1.82, 2.24) is 24.0 Å². The van der Waals surface area contributed by atoms with Crippen molar-refractivity contribution >= 4 is 11.6 Å². The van der Waals surface area contributed by atoms with Gasteiger partial charge in [0, 0.05) is 44.5 Å². The minimum absolute atomic E-state index is 0.0233. The van der Waals surface area contributed by atoms with E-state index in [1.807, 2.05) is 41.3 Å². The topological polar surface area (TPSA) is 72.1 Å². The fourth-order valence-corrected chi connectivity index (χ4v) is 3.46. The van der Waals surface area contributed by atoms with E-state index in [1.54, 1.807) is 23.8 Å². The number of hydrogen-bond acceptors (Lipinski definition) is 5. The summed E-state index contributed by atoms with van der Waals surface area (Å²) in [5.41, 5.74) is 1.17. The smallest absolute Gasteiger partial charge is 0.350 e. The Labute approximate surface area is 162 Å². The van der Waals surface area contributed by atoms with Crippen LogP contribution in [-0.2, 0) is 6.54 Å². The van der Waals surface area contributed by atoms with Gasteiger partial charge in [-0.15, -0.1) is 5.10 Å². The third-order valence-electron chi connectivity index (χ3n) is 5.09. The van der Waals surface area contributed by atoms with Gasteiger partial charge in [0.25, 0.3) is 5.91 Å². The zero-order chi connectivity index (χ0) is 19.5. The number of methoxy groups -OCH3 is 1. The molecule has 1 saturated heterocycles. The average Bonchev–Trinajstić information content (AvgIpc) is 3.08. The van der Waals surface area contributed by atoms with Gasteiger partial charge in [0.15, 0.2) is 5.65 Å². The molecule has 0 aliphatic carbocycles. The molecule has 0 atom stereocenters. The molecule has 8 nitrogen and oxygen atoms in total. The monoisotopic (exact) mass is 381 g/mol. The molecule has 1 fully saturated rings. The first kappa shape index (κ1) is 18.2. The number of carbonyl (C=O) groups is 1. The number of rotatable bonds is 5. The quantitative estimate of drug-likeness (QED) is 0.658. The van der Waals surface area contributed by atoms with Gasteiger partial charge in [0.1, 0.15) is 5.75 Å². The van der Waals surface area contributed by atoms with Gasteiger partial charge >= 0.3 is 5.69 Å². The number of pyridine rings is 1. The lowest BCUT2D eigenvalue weighted by Crippen LogP contribution is -2.49. The number of nitrogens with zero attached hydrogens (tertiary/aromatic N) is 5. The first-order valence-electron chi connectivity index (χ1n) is 9.35. The summed E-state index contributed by atoms with van der Waals surface area (Å²) in [6.45, 7) is 4.14. The molecule has 3 aromatic rings. The van der Waals surface area contributed by atoms with E-state index in [-0.39, 0.29) is 11.6 Å². The van der Waals surface area contributed by atoms with Crippen molar-refractivity contribution in [2.45, 2.75) is 6.54 Å². The Morgan fingerprint density at radius 1 is 1.07 bits per heavy atom. The molecule has 1 amide bonds. The average molecular weight is 381 g/mol. The minimum atomic E-state index is -0.123. The van der Waals surface area contributed by atoms with Crippen LogP contribution in [0.4, 0.5) is 0 Å². The van der Waals surface area contributed by atoms with Crippen molar-refractivity contribution in [2.24, 2.45) is 0 Å². The van der Waals surface area contributed by atoms with E-state index in [0.717, 1.165) is 19.6 Å².